The van der Waals surface area contributed by atoms with Gasteiger partial charge < -0.3 is 4.74 Å². The largest absolute Gasteiger partial charge is 0.493 e. The fourth-order valence-corrected chi connectivity index (χ4v) is 2.33. The fraction of sp³-hybridized carbons (Fsp3) is 0.300. The summed E-state index contributed by atoms with van der Waals surface area (Å²) in [5.41, 5.74) is 6.59. The molecule has 0 bridgehead atoms. The Balaban J connectivity index is 1.64. The number of nitrogens with one attached hydrogen (secondary N) is 2. The molecule has 0 radical (unpaired) electrons. The number of aryl methyl sites for hydroxylation is 2. The maximum absolute atomic E-state index is 13.5. The molecule has 2 N–H and O–H groups in total. The summed E-state index contributed by atoms with van der Waals surface area (Å²) in [6.07, 6.45) is 1.57. The lowest BCUT2D eigenvalue weighted by molar-refractivity contribution is -0.122. The van der Waals surface area contributed by atoms with Gasteiger partial charge in [-0.15, -0.1) is 0 Å². The number of hydrazine groups is 1. The Morgan fingerprint density at radius 1 is 1.04 bits per heavy atom. The molecule has 0 aromatic heterocycles. The second-order valence-electron chi connectivity index (χ2n) is 6.06. The highest BCUT2D eigenvalue weighted by atomic mass is 19.1. The van der Waals surface area contributed by atoms with Crippen LogP contribution in [0.3, 0.4) is 0 Å². The Labute approximate surface area is 152 Å². The second kappa shape index (κ2) is 9.56. The van der Waals surface area contributed by atoms with Crippen LogP contribution in [0.15, 0.2) is 42.5 Å². The van der Waals surface area contributed by atoms with Gasteiger partial charge in [-0.05, 0) is 56.0 Å². The molecule has 2 amide bonds. The average Bonchev–Trinajstić information content (AvgIpc) is 2.62. The molecular formula is C20H23FN2O3. The van der Waals surface area contributed by atoms with E-state index >= 15 is 0 Å². The molecule has 2 rings (SSSR count). The fourth-order valence-electron chi connectivity index (χ4n) is 2.33. The number of hydrogen-bond acceptors (Lipinski definition) is 3. The summed E-state index contributed by atoms with van der Waals surface area (Å²) in [5.74, 6) is -0.800. The van der Waals surface area contributed by atoms with Crippen LogP contribution in [-0.4, -0.2) is 18.4 Å². The number of halogens is 1. The predicted molar refractivity (Wildman–Crippen MR) is 97.3 cm³/mol. The van der Waals surface area contributed by atoms with Crippen LogP contribution in [0.25, 0.3) is 0 Å². The van der Waals surface area contributed by atoms with Gasteiger partial charge in [-0.25, -0.2) is 4.39 Å². The summed E-state index contributed by atoms with van der Waals surface area (Å²) < 4.78 is 19.2. The van der Waals surface area contributed by atoms with Gasteiger partial charge in [0.2, 0.25) is 5.91 Å². The molecule has 0 atom stereocenters. The van der Waals surface area contributed by atoms with Gasteiger partial charge in [0.25, 0.3) is 5.91 Å². The van der Waals surface area contributed by atoms with Crippen LogP contribution in [0.2, 0.25) is 0 Å². The third kappa shape index (κ3) is 5.88. The van der Waals surface area contributed by atoms with E-state index in [0.717, 1.165) is 16.9 Å². The molecule has 6 heteroatoms. The van der Waals surface area contributed by atoms with Crippen molar-refractivity contribution >= 4 is 11.8 Å². The number of amides is 2. The number of ether oxygens (including phenoxy) is 1. The summed E-state index contributed by atoms with van der Waals surface area (Å²) in [5, 5.41) is 0. The van der Waals surface area contributed by atoms with Crippen LogP contribution >= 0.6 is 0 Å². The molecule has 5 nitrogen and oxygen atoms in total. The summed E-state index contributed by atoms with van der Waals surface area (Å²) in [7, 11) is 0. The van der Waals surface area contributed by atoms with Crippen molar-refractivity contribution in [1.29, 1.82) is 0 Å². The van der Waals surface area contributed by atoms with Gasteiger partial charge in [-0.3, -0.25) is 20.4 Å². The summed E-state index contributed by atoms with van der Waals surface area (Å²) in [6, 6.07) is 11.6. The van der Waals surface area contributed by atoms with Gasteiger partial charge in [0.15, 0.2) is 0 Å². The minimum Gasteiger partial charge on any atom is -0.493 e. The van der Waals surface area contributed by atoms with Crippen LogP contribution in [0.1, 0.15) is 40.7 Å². The SMILES string of the molecule is Cc1ccc(C)c(OCCCCC(=O)NNC(=O)c2ccccc2F)c1. The normalized spacial score (nSPS) is 10.3. The van der Waals surface area contributed by atoms with Crippen molar-refractivity contribution in [2.45, 2.75) is 33.1 Å². The van der Waals surface area contributed by atoms with Gasteiger partial charge in [0.1, 0.15) is 11.6 Å². The lowest BCUT2D eigenvalue weighted by Crippen LogP contribution is -2.41. The molecule has 2 aromatic rings. The zero-order valence-electron chi connectivity index (χ0n) is 15.0. The highest BCUT2D eigenvalue weighted by Gasteiger charge is 2.11. The Bertz CT molecular complexity index is 777. The quantitative estimate of drug-likeness (QED) is 0.588. The van der Waals surface area contributed by atoms with Crippen molar-refractivity contribution in [1.82, 2.24) is 10.9 Å². The molecule has 0 unspecified atom stereocenters. The van der Waals surface area contributed by atoms with Crippen molar-refractivity contribution in [3.05, 3.63) is 65.0 Å². The Hall–Kier alpha value is -2.89. The number of carbonyl (C=O) groups excluding carboxylic acids is 2. The van der Waals surface area contributed by atoms with Crippen LogP contribution in [0, 0.1) is 19.7 Å². The summed E-state index contributed by atoms with van der Waals surface area (Å²) >= 11 is 0. The maximum Gasteiger partial charge on any atom is 0.272 e. The first-order valence-corrected chi connectivity index (χ1v) is 8.51. The van der Waals surface area contributed by atoms with Crippen LogP contribution in [0.5, 0.6) is 5.75 Å². The van der Waals surface area contributed by atoms with E-state index < -0.39 is 11.7 Å². The maximum atomic E-state index is 13.5. The zero-order valence-corrected chi connectivity index (χ0v) is 15.0. The standard InChI is InChI=1S/C20H23FN2O3/c1-14-10-11-15(2)18(13-14)26-12-6-5-9-19(24)22-23-20(25)16-7-3-4-8-17(16)21/h3-4,7-8,10-11,13H,5-6,9,12H2,1-2H3,(H,22,24)(H,23,25). The van der Waals surface area contributed by atoms with E-state index in [4.69, 9.17) is 4.74 Å². The smallest absolute Gasteiger partial charge is 0.272 e. The van der Waals surface area contributed by atoms with E-state index in [2.05, 4.69) is 10.9 Å². The number of carbonyl (C=O) groups is 2. The van der Waals surface area contributed by atoms with E-state index in [1.54, 1.807) is 6.07 Å². The Morgan fingerprint density at radius 2 is 1.81 bits per heavy atom. The lowest BCUT2D eigenvalue weighted by atomic mass is 10.1. The van der Waals surface area contributed by atoms with Crippen molar-refractivity contribution in [2.24, 2.45) is 0 Å². The van der Waals surface area contributed by atoms with Gasteiger partial charge in [-0.2, -0.15) is 0 Å². The molecule has 0 aliphatic heterocycles. The molecule has 2 aromatic carbocycles. The first-order valence-electron chi connectivity index (χ1n) is 8.51. The van der Waals surface area contributed by atoms with Crippen molar-refractivity contribution < 1.29 is 18.7 Å². The monoisotopic (exact) mass is 358 g/mol. The summed E-state index contributed by atoms with van der Waals surface area (Å²) in [6.45, 7) is 4.51. The van der Waals surface area contributed by atoms with Crippen LogP contribution < -0.4 is 15.6 Å². The van der Waals surface area contributed by atoms with E-state index in [9.17, 15) is 14.0 Å². The van der Waals surface area contributed by atoms with E-state index in [1.807, 2.05) is 32.0 Å². The molecular weight excluding hydrogens is 335 g/mol. The lowest BCUT2D eigenvalue weighted by Gasteiger charge is -2.10. The third-order valence-electron chi connectivity index (χ3n) is 3.83. The second-order valence-corrected chi connectivity index (χ2v) is 6.06. The molecule has 0 saturated carbocycles. The van der Waals surface area contributed by atoms with Gasteiger partial charge >= 0.3 is 0 Å². The topological polar surface area (TPSA) is 67.4 Å². The molecule has 0 aliphatic rings. The van der Waals surface area contributed by atoms with Gasteiger partial charge in [-0.1, -0.05) is 24.3 Å². The van der Waals surface area contributed by atoms with E-state index in [0.29, 0.717) is 19.4 Å². The van der Waals surface area contributed by atoms with Crippen LogP contribution in [-0.2, 0) is 4.79 Å². The van der Waals surface area contributed by atoms with Crippen molar-refractivity contribution in [3.8, 4) is 5.75 Å². The minimum atomic E-state index is -0.685. The van der Waals surface area contributed by atoms with E-state index in [-0.39, 0.29) is 17.9 Å². The minimum absolute atomic E-state index is 0.116. The molecule has 0 saturated heterocycles. The van der Waals surface area contributed by atoms with Crippen molar-refractivity contribution in [2.75, 3.05) is 6.61 Å². The Kier molecular flexibility index (Phi) is 7.14. The number of unbranched alkanes of at least 4 members (excludes halogenated alkanes) is 1. The highest BCUT2D eigenvalue weighted by Crippen LogP contribution is 2.19. The van der Waals surface area contributed by atoms with Crippen molar-refractivity contribution in [3.63, 3.8) is 0 Å². The number of benzene rings is 2. The zero-order chi connectivity index (χ0) is 18.9. The average molecular weight is 358 g/mol. The molecule has 0 fully saturated rings. The third-order valence-corrected chi connectivity index (χ3v) is 3.83. The van der Waals surface area contributed by atoms with E-state index in [1.165, 1.54) is 18.2 Å². The molecule has 138 valence electrons. The number of rotatable bonds is 7. The molecule has 0 heterocycles. The predicted octanol–water partition coefficient (Wildman–Crippen LogP) is 3.45. The van der Waals surface area contributed by atoms with Gasteiger partial charge in [0.05, 0.1) is 12.2 Å². The van der Waals surface area contributed by atoms with Crippen LogP contribution in [0.4, 0.5) is 4.39 Å². The van der Waals surface area contributed by atoms with Gasteiger partial charge in [0, 0.05) is 6.42 Å². The molecule has 26 heavy (non-hydrogen) atoms. The Morgan fingerprint density at radius 3 is 2.58 bits per heavy atom. The molecule has 0 aliphatic carbocycles. The first kappa shape index (κ1) is 19.4. The summed E-state index contributed by atoms with van der Waals surface area (Å²) in [4.78, 5) is 23.5. The highest BCUT2D eigenvalue weighted by molar-refractivity contribution is 5.95. The first-order chi connectivity index (χ1) is 12.5. The number of hydrogen-bond donors (Lipinski definition) is 2. The molecule has 0 spiro atoms.